The number of carbonyl (C=O) groups excluding carboxylic acids is 1. The summed E-state index contributed by atoms with van der Waals surface area (Å²) in [7, 11) is 1.79. The molecule has 0 radical (unpaired) electrons. The molecule has 1 aromatic rings. The minimum atomic E-state index is -0.793. The highest BCUT2D eigenvalue weighted by atomic mass is 32.2. The van der Waals surface area contributed by atoms with Crippen LogP contribution in [-0.4, -0.2) is 53.6 Å². The summed E-state index contributed by atoms with van der Waals surface area (Å²) in [5.74, 6) is 0.108. The average Bonchev–Trinajstić information content (AvgIpc) is 2.90. The first-order valence-corrected chi connectivity index (χ1v) is 8.25. The fraction of sp³-hybridized carbons (Fsp3) is 0.562. The van der Waals surface area contributed by atoms with Crippen LogP contribution in [0.5, 0.6) is 0 Å². The van der Waals surface area contributed by atoms with Gasteiger partial charge in [0.25, 0.3) is 0 Å². The van der Waals surface area contributed by atoms with Gasteiger partial charge < -0.3 is 14.7 Å². The van der Waals surface area contributed by atoms with Crippen molar-refractivity contribution in [2.75, 3.05) is 26.8 Å². The van der Waals surface area contributed by atoms with Crippen molar-refractivity contribution >= 4 is 17.7 Å². The first kappa shape index (κ1) is 14.9. The van der Waals surface area contributed by atoms with E-state index in [-0.39, 0.29) is 11.2 Å². The van der Waals surface area contributed by atoms with Crippen molar-refractivity contribution < 1.29 is 14.6 Å². The molecule has 2 heterocycles. The van der Waals surface area contributed by atoms with Gasteiger partial charge >= 0.3 is 0 Å². The Morgan fingerprint density at radius 2 is 2.14 bits per heavy atom. The number of nitrogens with zero attached hydrogens (tertiary/aromatic N) is 1. The number of benzene rings is 1. The standard InChI is InChI=1S/C16H21NO3S/c1-17(11-16(19)6-8-20-9-7-16)15(18)14-10-12-4-2-3-5-13(12)21-14/h2-5,14,19H,6-11H2,1H3. The van der Waals surface area contributed by atoms with Crippen LogP contribution in [0.1, 0.15) is 18.4 Å². The number of carbonyl (C=O) groups is 1. The van der Waals surface area contributed by atoms with Crippen LogP contribution in [0.2, 0.25) is 0 Å². The molecular weight excluding hydrogens is 286 g/mol. The Bertz CT molecular complexity index is 503. The van der Waals surface area contributed by atoms with E-state index in [1.165, 1.54) is 10.5 Å². The van der Waals surface area contributed by atoms with Crippen molar-refractivity contribution in [1.82, 2.24) is 4.90 Å². The lowest BCUT2D eigenvalue weighted by Gasteiger charge is -2.36. The highest BCUT2D eigenvalue weighted by Crippen LogP contribution is 2.37. The Balaban J connectivity index is 1.61. The summed E-state index contributed by atoms with van der Waals surface area (Å²) < 4.78 is 5.28. The van der Waals surface area contributed by atoms with Gasteiger partial charge in [0.1, 0.15) is 0 Å². The topological polar surface area (TPSA) is 49.8 Å². The normalized spacial score (nSPS) is 23.6. The largest absolute Gasteiger partial charge is 0.388 e. The molecule has 1 amide bonds. The monoisotopic (exact) mass is 307 g/mol. The van der Waals surface area contributed by atoms with E-state index in [2.05, 4.69) is 12.1 Å². The Morgan fingerprint density at radius 1 is 1.43 bits per heavy atom. The number of aliphatic hydroxyl groups is 1. The van der Waals surface area contributed by atoms with Gasteiger partial charge in [-0.2, -0.15) is 0 Å². The highest BCUT2D eigenvalue weighted by Gasteiger charge is 2.35. The van der Waals surface area contributed by atoms with Crippen LogP contribution in [0.25, 0.3) is 0 Å². The first-order valence-electron chi connectivity index (χ1n) is 7.37. The van der Waals surface area contributed by atoms with E-state index in [0.717, 1.165) is 6.42 Å². The molecule has 0 aliphatic carbocycles. The first-order chi connectivity index (χ1) is 10.1. The van der Waals surface area contributed by atoms with Gasteiger partial charge in [0.15, 0.2) is 0 Å². The second-order valence-electron chi connectivity index (χ2n) is 5.95. The van der Waals surface area contributed by atoms with Crippen LogP contribution >= 0.6 is 11.8 Å². The average molecular weight is 307 g/mol. The van der Waals surface area contributed by atoms with Crippen molar-refractivity contribution in [2.45, 2.75) is 35.0 Å². The molecule has 1 fully saturated rings. The molecule has 2 aliphatic heterocycles. The lowest BCUT2D eigenvalue weighted by Crippen LogP contribution is -2.49. The number of hydrogen-bond donors (Lipinski definition) is 1. The summed E-state index contributed by atoms with van der Waals surface area (Å²) in [6.45, 7) is 1.53. The van der Waals surface area contributed by atoms with E-state index in [0.29, 0.717) is 32.6 Å². The Hall–Kier alpha value is -1.04. The second-order valence-corrected chi connectivity index (χ2v) is 7.19. The van der Waals surface area contributed by atoms with Gasteiger partial charge in [0, 0.05) is 44.5 Å². The molecule has 21 heavy (non-hydrogen) atoms. The quantitative estimate of drug-likeness (QED) is 0.923. The predicted molar refractivity (Wildman–Crippen MR) is 82.4 cm³/mol. The van der Waals surface area contributed by atoms with Crippen LogP contribution in [0.3, 0.4) is 0 Å². The molecule has 0 aromatic heterocycles. The van der Waals surface area contributed by atoms with Gasteiger partial charge in [-0.15, -0.1) is 11.8 Å². The third-order valence-corrected chi connectivity index (χ3v) is 5.56. The third kappa shape index (κ3) is 3.25. The number of amides is 1. The van der Waals surface area contributed by atoms with E-state index >= 15 is 0 Å². The summed E-state index contributed by atoms with van der Waals surface area (Å²) in [4.78, 5) is 15.5. The zero-order valence-electron chi connectivity index (χ0n) is 12.2. The van der Waals surface area contributed by atoms with E-state index in [1.54, 1.807) is 23.7 Å². The van der Waals surface area contributed by atoms with E-state index in [9.17, 15) is 9.90 Å². The van der Waals surface area contributed by atoms with Crippen molar-refractivity contribution in [2.24, 2.45) is 0 Å². The van der Waals surface area contributed by atoms with Crippen molar-refractivity contribution in [3.8, 4) is 0 Å². The molecule has 4 nitrogen and oxygen atoms in total. The summed E-state index contributed by atoms with van der Waals surface area (Å²) in [6, 6.07) is 8.18. The fourth-order valence-electron chi connectivity index (χ4n) is 2.99. The van der Waals surface area contributed by atoms with Gasteiger partial charge in [-0.3, -0.25) is 4.79 Å². The molecule has 114 valence electrons. The van der Waals surface area contributed by atoms with Gasteiger partial charge in [-0.05, 0) is 18.1 Å². The smallest absolute Gasteiger partial charge is 0.236 e. The molecule has 1 N–H and O–H groups in total. The minimum Gasteiger partial charge on any atom is -0.388 e. The molecule has 5 heteroatoms. The number of ether oxygens (including phenoxy) is 1. The minimum absolute atomic E-state index is 0.0594. The molecule has 1 atom stereocenters. The number of hydrogen-bond acceptors (Lipinski definition) is 4. The summed E-state index contributed by atoms with van der Waals surface area (Å²) in [5.41, 5.74) is 0.456. The lowest BCUT2D eigenvalue weighted by atomic mass is 9.94. The maximum absolute atomic E-state index is 12.6. The molecule has 1 saturated heterocycles. The molecule has 1 aromatic carbocycles. The lowest BCUT2D eigenvalue weighted by molar-refractivity contribution is -0.136. The van der Waals surface area contributed by atoms with Gasteiger partial charge in [-0.25, -0.2) is 0 Å². The third-order valence-electron chi connectivity index (χ3n) is 4.25. The zero-order chi connectivity index (χ0) is 14.9. The molecular formula is C16H21NO3S. The molecule has 0 bridgehead atoms. The van der Waals surface area contributed by atoms with Gasteiger partial charge in [0.2, 0.25) is 5.91 Å². The van der Waals surface area contributed by atoms with Crippen LogP contribution in [0, 0.1) is 0 Å². The molecule has 3 rings (SSSR count). The van der Waals surface area contributed by atoms with Crippen LogP contribution < -0.4 is 0 Å². The van der Waals surface area contributed by atoms with Crippen molar-refractivity contribution in [3.63, 3.8) is 0 Å². The zero-order valence-corrected chi connectivity index (χ0v) is 13.1. The van der Waals surface area contributed by atoms with E-state index < -0.39 is 5.60 Å². The van der Waals surface area contributed by atoms with Gasteiger partial charge in [-0.1, -0.05) is 18.2 Å². The fourth-order valence-corrected chi connectivity index (χ4v) is 4.30. The number of rotatable bonds is 3. The van der Waals surface area contributed by atoms with Crippen LogP contribution in [0.4, 0.5) is 0 Å². The Labute approximate surface area is 129 Å². The highest BCUT2D eigenvalue weighted by molar-refractivity contribution is 8.01. The number of likely N-dealkylation sites (N-methyl/N-ethyl adjacent to an activating group) is 1. The summed E-state index contributed by atoms with van der Waals surface area (Å²) in [6.07, 6.45) is 1.98. The van der Waals surface area contributed by atoms with Crippen molar-refractivity contribution in [3.05, 3.63) is 29.8 Å². The van der Waals surface area contributed by atoms with E-state index in [4.69, 9.17) is 4.74 Å². The number of fused-ring (bicyclic) bond motifs is 1. The summed E-state index contributed by atoms with van der Waals surface area (Å²) in [5, 5.41) is 10.5. The molecule has 2 aliphatic rings. The summed E-state index contributed by atoms with van der Waals surface area (Å²) >= 11 is 1.64. The molecule has 1 unspecified atom stereocenters. The van der Waals surface area contributed by atoms with E-state index in [1.807, 2.05) is 12.1 Å². The number of thioether (sulfide) groups is 1. The van der Waals surface area contributed by atoms with Crippen LogP contribution in [-0.2, 0) is 16.0 Å². The molecule has 0 saturated carbocycles. The van der Waals surface area contributed by atoms with Crippen LogP contribution in [0.15, 0.2) is 29.2 Å². The van der Waals surface area contributed by atoms with Gasteiger partial charge in [0.05, 0.1) is 10.9 Å². The Morgan fingerprint density at radius 3 is 2.86 bits per heavy atom. The SMILES string of the molecule is CN(CC1(O)CCOCC1)C(=O)C1Cc2ccccc2S1. The molecule has 0 spiro atoms. The van der Waals surface area contributed by atoms with Crippen molar-refractivity contribution in [1.29, 1.82) is 0 Å². The predicted octanol–water partition coefficient (Wildman–Crippen LogP) is 1.70. The Kier molecular flexibility index (Phi) is 4.24. The maximum Gasteiger partial charge on any atom is 0.236 e. The maximum atomic E-state index is 12.6. The second kappa shape index (κ2) is 5.99.